The van der Waals surface area contributed by atoms with E-state index in [0.717, 1.165) is 18.4 Å². The van der Waals surface area contributed by atoms with Gasteiger partial charge in [-0.15, -0.1) is 0 Å². The first-order valence-corrected chi connectivity index (χ1v) is 7.74. The van der Waals surface area contributed by atoms with Gasteiger partial charge >= 0.3 is 5.69 Å². The van der Waals surface area contributed by atoms with Gasteiger partial charge < -0.3 is 14.9 Å². The molecular weight excluding hydrogens is 423 g/mol. The Morgan fingerprint density at radius 1 is 1.48 bits per heavy atom. The van der Waals surface area contributed by atoms with Crippen LogP contribution in [0.1, 0.15) is 26.5 Å². The topological polar surface area (TPSA) is 139 Å². The molecule has 0 amide bonds. The Hall–Kier alpha value is -1.37. The summed E-state index contributed by atoms with van der Waals surface area (Å²) >= 11 is 1.71. The number of nitrogens with one attached hydrogen (secondary N) is 1. The Bertz CT molecular complexity index is 770. The maximum Gasteiger partial charge on any atom is 0.330 e. The molecule has 0 unspecified atom stereocenters. The predicted octanol–water partition coefficient (Wildman–Crippen LogP) is -1.30. The minimum Gasteiger partial charge on any atom is -0.382 e. The molecule has 9 nitrogen and oxygen atoms in total. The Labute approximate surface area is 143 Å². The van der Waals surface area contributed by atoms with Gasteiger partial charge in [0.15, 0.2) is 17.2 Å². The van der Waals surface area contributed by atoms with Crippen molar-refractivity contribution in [2.75, 3.05) is 0 Å². The van der Waals surface area contributed by atoms with Gasteiger partial charge in [-0.1, -0.05) is 0 Å². The standard InChI is InChI=1S/C13H15IN2O7/c1-5(17)9(19)10-13(22,6(2)18)3-8(23-10)16-4-7(14)11(20)15-12(16)21/h4,8-10,19,22H,3H2,1-2H3,(H,15,20,21)/t8-,9-,10-,13-/m1/s1. The van der Waals surface area contributed by atoms with E-state index in [2.05, 4.69) is 4.98 Å². The van der Waals surface area contributed by atoms with Crippen LogP contribution in [0.4, 0.5) is 0 Å². The van der Waals surface area contributed by atoms with E-state index in [1.807, 2.05) is 0 Å². The minimum atomic E-state index is -2.11. The molecule has 1 aromatic rings. The van der Waals surface area contributed by atoms with E-state index in [1.165, 1.54) is 6.20 Å². The van der Waals surface area contributed by atoms with Crippen LogP contribution in [-0.2, 0) is 14.3 Å². The number of aromatic amines is 1. The van der Waals surface area contributed by atoms with Crippen molar-refractivity contribution >= 4 is 34.2 Å². The third kappa shape index (κ3) is 3.16. The van der Waals surface area contributed by atoms with Gasteiger partial charge in [0.25, 0.3) is 5.56 Å². The zero-order chi connectivity index (χ0) is 17.5. The molecule has 1 aliphatic rings. The monoisotopic (exact) mass is 438 g/mol. The molecule has 126 valence electrons. The fourth-order valence-electron chi connectivity index (χ4n) is 2.44. The Kier molecular flexibility index (Phi) is 4.89. The van der Waals surface area contributed by atoms with Gasteiger partial charge in [-0.05, 0) is 36.4 Å². The van der Waals surface area contributed by atoms with Gasteiger partial charge in [0.1, 0.15) is 18.4 Å². The lowest BCUT2D eigenvalue weighted by atomic mass is 9.86. The lowest BCUT2D eigenvalue weighted by Crippen LogP contribution is -2.52. The van der Waals surface area contributed by atoms with Crippen molar-refractivity contribution in [3.63, 3.8) is 0 Å². The van der Waals surface area contributed by atoms with E-state index >= 15 is 0 Å². The van der Waals surface area contributed by atoms with Crippen LogP contribution in [-0.4, -0.2) is 49.1 Å². The van der Waals surface area contributed by atoms with Crippen molar-refractivity contribution in [1.82, 2.24) is 9.55 Å². The van der Waals surface area contributed by atoms with Gasteiger partial charge in [0.2, 0.25) is 0 Å². The second kappa shape index (κ2) is 6.26. The fourth-order valence-corrected chi connectivity index (χ4v) is 2.88. The maximum absolute atomic E-state index is 11.9. The number of carbonyl (C=O) groups excluding carboxylic acids is 2. The van der Waals surface area contributed by atoms with Crippen molar-refractivity contribution in [2.45, 2.75) is 44.3 Å². The number of ether oxygens (including phenoxy) is 1. The average Bonchev–Trinajstić information content (AvgIpc) is 2.81. The zero-order valence-corrected chi connectivity index (χ0v) is 14.4. The number of hydrogen-bond acceptors (Lipinski definition) is 7. The zero-order valence-electron chi connectivity index (χ0n) is 12.3. The predicted molar refractivity (Wildman–Crippen MR) is 84.9 cm³/mol. The molecule has 1 saturated heterocycles. The smallest absolute Gasteiger partial charge is 0.330 e. The number of halogens is 1. The number of hydrogen-bond donors (Lipinski definition) is 3. The SMILES string of the molecule is CC(=O)[C@@H](O)[C@H]1O[C@@H](n2cc(I)c(=O)[nH]c2=O)C[C@@]1(O)C(C)=O. The van der Waals surface area contributed by atoms with Crippen LogP contribution >= 0.6 is 22.6 Å². The second-order valence-corrected chi connectivity index (χ2v) is 6.56. The van der Waals surface area contributed by atoms with Crippen molar-refractivity contribution in [3.05, 3.63) is 30.6 Å². The Balaban J connectivity index is 2.47. The molecule has 2 heterocycles. The number of Topliss-reactive ketones (excluding diaryl/α,β-unsaturated/α-hetero) is 2. The molecule has 23 heavy (non-hydrogen) atoms. The maximum atomic E-state index is 11.9. The van der Waals surface area contributed by atoms with Crippen molar-refractivity contribution < 1.29 is 24.5 Å². The van der Waals surface area contributed by atoms with Crippen LogP contribution in [0.3, 0.4) is 0 Å². The number of ketones is 2. The van der Waals surface area contributed by atoms with Gasteiger partial charge in [0.05, 0.1) is 3.57 Å². The Morgan fingerprint density at radius 2 is 2.09 bits per heavy atom. The van der Waals surface area contributed by atoms with E-state index in [9.17, 15) is 29.4 Å². The quantitative estimate of drug-likeness (QED) is 0.497. The van der Waals surface area contributed by atoms with Gasteiger partial charge in [-0.3, -0.25) is 23.9 Å². The summed E-state index contributed by atoms with van der Waals surface area (Å²) in [6.07, 6.45) is -3.44. The highest BCUT2D eigenvalue weighted by Gasteiger charge is 2.55. The average molecular weight is 438 g/mol. The summed E-state index contributed by atoms with van der Waals surface area (Å²) in [4.78, 5) is 48.5. The first kappa shape index (κ1) is 18.0. The fraction of sp³-hybridized carbons (Fsp3) is 0.538. The van der Waals surface area contributed by atoms with Crippen molar-refractivity contribution in [2.24, 2.45) is 0 Å². The summed E-state index contributed by atoms with van der Waals surface area (Å²) in [7, 11) is 0. The lowest BCUT2D eigenvalue weighted by Gasteiger charge is -2.27. The molecule has 0 radical (unpaired) electrons. The third-order valence-electron chi connectivity index (χ3n) is 3.81. The van der Waals surface area contributed by atoms with Gasteiger partial charge in [0, 0.05) is 12.6 Å². The normalized spacial score (nSPS) is 28.6. The molecule has 10 heteroatoms. The van der Waals surface area contributed by atoms with Crippen LogP contribution in [0.15, 0.2) is 15.8 Å². The number of carbonyl (C=O) groups is 2. The molecule has 2 rings (SSSR count). The molecular formula is C13H15IN2O7. The third-order valence-corrected chi connectivity index (χ3v) is 4.58. The number of H-pyrrole nitrogens is 1. The van der Waals surface area contributed by atoms with E-state index in [4.69, 9.17) is 4.74 Å². The molecule has 0 aliphatic carbocycles. The summed E-state index contributed by atoms with van der Waals surface area (Å²) in [6.45, 7) is 2.20. The van der Waals surface area contributed by atoms with Crippen LogP contribution < -0.4 is 11.2 Å². The Morgan fingerprint density at radius 3 is 2.61 bits per heavy atom. The molecule has 4 atom stereocenters. The largest absolute Gasteiger partial charge is 0.382 e. The highest BCUT2D eigenvalue weighted by Crippen LogP contribution is 2.38. The summed E-state index contributed by atoms with van der Waals surface area (Å²) < 4.78 is 6.62. The highest BCUT2D eigenvalue weighted by atomic mass is 127. The number of nitrogens with zero attached hydrogens (tertiary/aromatic N) is 1. The number of aromatic nitrogens is 2. The molecule has 1 aromatic heterocycles. The first-order chi connectivity index (χ1) is 10.6. The van der Waals surface area contributed by atoms with Gasteiger partial charge in [-0.25, -0.2) is 4.79 Å². The summed E-state index contributed by atoms with van der Waals surface area (Å²) in [5, 5.41) is 20.4. The number of rotatable bonds is 4. The molecule has 1 aliphatic heterocycles. The summed E-state index contributed by atoms with van der Waals surface area (Å²) in [6, 6.07) is 0. The van der Waals surface area contributed by atoms with Crippen LogP contribution in [0.2, 0.25) is 0 Å². The van der Waals surface area contributed by atoms with Gasteiger partial charge in [-0.2, -0.15) is 0 Å². The lowest BCUT2D eigenvalue weighted by molar-refractivity contribution is -0.158. The summed E-state index contributed by atoms with van der Waals surface area (Å²) in [5.74, 6) is -1.38. The van der Waals surface area contributed by atoms with E-state index in [1.54, 1.807) is 22.6 Å². The highest BCUT2D eigenvalue weighted by molar-refractivity contribution is 14.1. The number of aliphatic hydroxyl groups is 2. The molecule has 0 spiro atoms. The second-order valence-electron chi connectivity index (χ2n) is 5.39. The van der Waals surface area contributed by atoms with Crippen LogP contribution in [0.5, 0.6) is 0 Å². The van der Waals surface area contributed by atoms with E-state index in [-0.39, 0.29) is 9.99 Å². The molecule has 0 aromatic carbocycles. The number of aliphatic hydroxyl groups excluding tert-OH is 1. The van der Waals surface area contributed by atoms with Crippen molar-refractivity contribution in [1.29, 1.82) is 0 Å². The van der Waals surface area contributed by atoms with E-state index < -0.39 is 46.9 Å². The van der Waals surface area contributed by atoms with Crippen LogP contribution in [0.25, 0.3) is 0 Å². The molecule has 1 fully saturated rings. The first-order valence-electron chi connectivity index (χ1n) is 6.66. The minimum absolute atomic E-state index is 0.202. The molecule has 3 N–H and O–H groups in total. The molecule has 0 bridgehead atoms. The summed E-state index contributed by atoms with van der Waals surface area (Å²) in [5.41, 5.74) is -3.48. The van der Waals surface area contributed by atoms with Crippen molar-refractivity contribution in [3.8, 4) is 0 Å². The molecule has 0 saturated carbocycles. The van der Waals surface area contributed by atoms with E-state index in [0.29, 0.717) is 0 Å². The van der Waals surface area contributed by atoms with Crippen LogP contribution in [0, 0.1) is 3.57 Å².